The average Bonchev–Trinajstić information content (AvgIpc) is 3.48. The first-order valence-electron chi connectivity index (χ1n) is 13.4. The third-order valence-electron chi connectivity index (χ3n) is 7.28. The summed E-state index contributed by atoms with van der Waals surface area (Å²) in [6.07, 6.45) is -4.17. The zero-order chi connectivity index (χ0) is 29.3. The van der Waals surface area contributed by atoms with Crippen molar-refractivity contribution in [1.29, 1.82) is 0 Å². The number of fused-ring (bicyclic) bond motifs is 1. The van der Waals surface area contributed by atoms with Crippen LogP contribution in [-0.4, -0.2) is 88.1 Å². The van der Waals surface area contributed by atoms with Crippen LogP contribution in [0.1, 0.15) is 19.0 Å². The maximum Gasteiger partial charge on any atom is 0.401 e. The molecule has 41 heavy (non-hydrogen) atoms. The average molecular weight is 574 g/mol. The Morgan fingerprint density at radius 1 is 0.976 bits per heavy atom. The molecule has 4 heterocycles. The summed E-state index contributed by atoms with van der Waals surface area (Å²) in [7, 11) is 0. The molecule has 0 aliphatic carbocycles. The zero-order valence-corrected chi connectivity index (χ0v) is 22.8. The first-order valence-corrected chi connectivity index (χ1v) is 13.4. The molecule has 218 valence electrons. The van der Waals surface area contributed by atoms with Crippen LogP contribution in [0.3, 0.4) is 0 Å². The molecular weight excluding hydrogens is 542 g/mol. The summed E-state index contributed by atoms with van der Waals surface area (Å²) >= 11 is 0. The number of benzene rings is 1. The predicted octanol–water partition coefficient (Wildman–Crippen LogP) is 3.93. The molecular formula is C28H31F4N7O2. The van der Waals surface area contributed by atoms with Crippen LogP contribution >= 0.6 is 0 Å². The largest absolute Gasteiger partial charge is 0.401 e. The number of aromatic nitrogens is 3. The van der Waals surface area contributed by atoms with E-state index >= 15 is 0 Å². The number of piperazine rings is 1. The third kappa shape index (κ3) is 6.57. The van der Waals surface area contributed by atoms with Crippen molar-refractivity contribution in [3.63, 3.8) is 0 Å². The van der Waals surface area contributed by atoms with Crippen LogP contribution in [0.5, 0.6) is 0 Å². The molecule has 2 aliphatic rings. The third-order valence-corrected chi connectivity index (χ3v) is 7.28. The predicted molar refractivity (Wildman–Crippen MR) is 146 cm³/mol. The quantitative estimate of drug-likeness (QED) is 0.431. The van der Waals surface area contributed by atoms with E-state index in [1.54, 1.807) is 17.0 Å². The molecule has 0 atom stereocenters. The molecule has 2 aromatic heterocycles. The van der Waals surface area contributed by atoms with Crippen LogP contribution in [-0.2, 0) is 16.1 Å². The van der Waals surface area contributed by atoms with Crippen molar-refractivity contribution in [2.45, 2.75) is 33.0 Å². The van der Waals surface area contributed by atoms with Crippen molar-refractivity contribution in [1.82, 2.24) is 24.3 Å². The maximum atomic E-state index is 14.9. The van der Waals surface area contributed by atoms with E-state index < -0.39 is 24.4 Å². The number of aryl methyl sites for hydroxylation is 1. The highest BCUT2D eigenvalue weighted by Crippen LogP contribution is 2.38. The van der Waals surface area contributed by atoms with E-state index in [0.29, 0.717) is 61.3 Å². The minimum absolute atomic E-state index is 0.00242. The fraction of sp³-hybridized carbons (Fsp3) is 0.429. The molecule has 13 heteroatoms. The Labute approximate surface area is 234 Å². The van der Waals surface area contributed by atoms with Gasteiger partial charge in [-0.15, -0.1) is 0 Å². The number of anilines is 2. The number of carbonyl (C=O) groups is 2. The highest BCUT2D eigenvalue weighted by atomic mass is 19.4. The summed E-state index contributed by atoms with van der Waals surface area (Å²) < 4.78 is 54.6. The van der Waals surface area contributed by atoms with Crippen molar-refractivity contribution in [3.8, 4) is 22.6 Å². The number of pyridine rings is 1. The Bertz CT molecular complexity index is 1450. The molecule has 1 aromatic carbocycles. The molecule has 0 bridgehead atoms. The van der Waals surface area contributed by atoms with E-state index in [4.69, 9.17) is 4.98 Å². The van der Waals surface area contributed by atoms with Crippen molar-refractivity contribution in [2.75, 3.05) is 56.0 Å². The number of rotatable bonds is 7. The fourth-order valence-electron chi connectivity index (χ4n) is 5.27. The number of nitrogens with one attached hydrogen (secondary N) is 1. The van der Waals surface area contributed by atoms with Gasteiger partial charge in [0.1, 0.15) is 11.5 Å². The molecule has 3 aromatic rings. The summed E-state index contributed by atoms with van der Waals surface area (Å²) in [5.74, 6) is -0.667. The van der Waals surface area contributed by atoms with Crippen molar-refractivity contribution < 1.29 is 27.2 Å². The normalized spacial score (nSPS) is 16.2. The molecule has 5 rings (SSSR count). The zero-order valence-electron chi connectivity index (χ0n) is 22.8. The lowest BCUT2D eigenvalue weighted by molar-refractivity contribution is -0.149. The van der Waals surface area contributed by atoms with Gasteiger partial charge >= 0.3 is 6.18 Å². The molecule has 1 N–H and O–H groups in total. The summed E-state index contributed by atoms with van der Waals surface area (Å²) in [4.78, 5) is 39.2. The van der Waals surface area contributed by atoms with Gasteiger partial charge in [-0.2, -0.15) is 13.2 Å². The highest BCUT2D eigenvalue weighted by Gasteiger charge is 2.33. The molecule has 0 spiro atoms. The second kappa shape index (κ2) is 11.6. The molecule has 0 radical (unpaired) electrons. The lowest BCUT2D eigenvalue weighted by Gasteiger charge is -2.34. The van der Waals surface area contributed by atoms with Gasteiger partial charge in [0.05, 0.1) is 23.6 Å². The van der Waals surface area contributed by atoms with Gasteiger partial charge in [0.15, 0.2) is 0 Å². The lowest BCUT2D eigenvalue weighted by atomic mass is 10.1. The number of imidazole rings is 1. The van der Waals surface area contributed by atoms with Crippen molar-refractivity contribution in [3.05, 3.63) is 47.9 Å². The number of carbonyl (C=O) groups excluding carboxylic acids is 2. The number of alkyl halides is 3. The molecule has 2 amide bonds. The number of nitrogens with zero attached hydrogens (tertiary/aromatic N) is 6. The Morgan fingerprint density at radius 2 is 1.71 bits per heavy atom. The van der Waals surface area contributed by atoms with Gasteiger partial charge in [-0.25, -0.2) is 9.37 Å². The Hall–Kier alpha value is -3.84. The van der Waals surface area contributed by atoms with Crippen LogP contribution < -0.4 is 10.2 Å². The Morgan fingerprint density at radius 3 is 2.39 bits per heavy atom. The summed E-state index contributed by atoms with van der Waals surface area (Å²) in [6, 6.07) is 9.97. The SMILES string of the molecule is CC(=O)N1CCn2c1nc(-c1cccc(C)n1)c2-c1ccc(F)c(NC(=O)CCN2CCN(CC(F)(F)F)CC2)c1. The van der Waals surface area contributed by atoms with E-state index in [1.807, 2.05) is 34.6 Å². The van der Waals surface area contributed by atoms with Gasteiger partial charge in [-0.05, 0) is 37.3 Å². The Kier molecular flexibility index (Phi) is 8.09. The van der Waals surface area contributed by atoms with E-state index in [0.717, 1.165) is 5.69 Å². The van der Waals surface area contributed by atoms with Gasteiger partial charge in [0, 0.05) is 70.4 Å². The van der Waals surface area contributed by atoms with Gasteiger partial charge < -0.3 is 14.8 Å². The van der Waals surface area contributed by atoms with Gasteiger partial charge in [-0.1, -0.05) is 6.07 Å². The van der Waals surface area contributed by atoms with E-state index in [2.05, 4.69) is 10.3 Å². The van der Waals surface area contributed by atoms with E-state index in [-0.39, 0.29) is 31.1 Å². The summed E-state index contributed by atoms with van der Waals surface area (Å²) in [5.41, 5.74) is 3.21. The number of amides is 2. The first-order chi connectivity index (χ1) is 19.5. The molecule has 0 unspecified atom stereocenters. The van der Waals surface area contributed by atoms with Crippen LogP contribution in [0.4, 0.5) is 29.2 Å². The van der Waals surface area contributed by atoms with Crippen molar-refractivity contribution >= 4 is 23.5 Å². The Balaban J connectivity index is 1.33. The number of hydrogen-bond acceptors (Lipinski definition) is 6. The summed E-state index contributed by atoms with van der Waals surface area (Å²) in [6.45, 7) is 5.10. The van der Waals surface area contributed by atoms with E-state index in [9.17, 15) is 27.2 Å². The fourth-order valence-corrected chi connectivity index (χ4v) is 5.27. The van der Waals surface area contributed by atoms with Gasteiger partial charge in [0.2, 0.25) is 17.8 Å². The molecule has 9 nitrogen and oxygen atoms in total. The minimum atomic E-state index is -4.23. The smallest absolute Gasteiger partial charge is 0.324 e. The van der Waals surface area contributed by atoms with Crippen LogP contribution in [0.15, 0.2) is 36.4 Å². The maximum absolute atomic E-state index is 14.9. The number of halogens is 4. The molecule has 1 saturated heterocycles. The van der Waals surface area contributed by atoms with Crippen LogP contribution in [0.2, 0.25) is 0 Å². The summed E-state index contributed by atoms with van der Waals surface area (Å²) in [5, 5.41) is 2.65. The van der Waals surface area contributed by atoms with E-state index in [1.165, 1.54) is 17.9 Å². The first kappa shape index (κ1) is 28.7. The van der Waals surface area contributed by atoms with Crippen LogP contribution in [0, 0.1) is 12.7 Å². The molecule has 0 saturated carbocycles. The second-order valence-electron chi connectivity index (χ2n) is 10.3. The standard InChI is InChI=1S/C28H31F4N7O2/c1-18-4-3-5-22(33-18)25-26(39-15-14-38(19(2)40)27(39)35-25)20-6-7-21(29)23(16-20)34-24(41)8-9-36-10-12-37(13-11-36)17-28(30,31)32/h3-7,16H,8-15,17H2,1-2H3,(H,34,41). The van der Waals surface area contributed by atoms with Crippen LogP contribution in [0.25, 0.3) is 22.6 Å². The topological polar surface area (TPSA) is 86.6 Å². The van der Waals surface area contributed by atoms with Gasteiger partial charge in [0.25, 0.3) is 0 Å². The number of hydrogen-bond donors (Lipinski definition) is 1. The monoisotopic (exact) mass is 573 g/mol. The highest BCUT2D eigenvalue weighted by molar-refractivity contribution is 5.94. The lowest BCUT2D eigenvalue weighted by Crippen LogP contribution is -2.49. The second-order valence-corrected chi connectivity index (χ2v) is 10.3. The molecule has 1 fully saturated rings. The van der Waals surface area contributed by atoms with Gasteiger partial charge in [-0.3, -0.25) is 24.4 Å². The molecule has 2 aliphatic heterocycles. The minimum Gasteiger partial charge on any atom is -0.324 e. The van der Waals surface area contributed by atoms with Crippen molar-refractivity contribution in [2.24, 2.45) is 0 Å².